The minimum atomic E-state index is -0.248. The van der Waals surface area contributed by atoms with Gasteiger partial charge in [0, 0.05) is 12.1 Å². The van der Waals surface area contributed by atoms with Crippen LogP contribution in [0, 0.1) is 5.82 Å². The lowest BCUT2D eigenvalue weighted by Crippen LogP contribution is -2.47. The van der Waals surface area contributed by atoms with Crippen molar-refractivity contribution in [2.75, 3.05) is 5.43 Å². The molecule has 1 fully saturated rings. The number of fused-ring (bicyclic) bond motifs is 1. The molecule has 1 aromatic carbocycles. The lowest BCUT2D eigenvalue weighted by atomic mass is 10.00. The van der Waals surface area contributed by atoms with Crippen LogP contribution in [0.1, 0.15) is 33.1 Å². The van der Waals surface area contributed by atoms with E-state index in [1.165, 1.54) is 31.4 Å². The summed E-state index contributed by atoms with van der Waals surface area (Å²) >= 11 is 0. The van der Waals surface area contributed by atoms with Crippen molar-refractivity contribution in [1.82, 2.24) is 15.0 Å². The highest BCUT2D eigenvalue weighted by molar-refractivity contribution is 5.77. The molecular formula is C14H19FN4. The average molecular weight is 262 g/mol. The van der Waals surface area contributed by atoms with Crippen LogP contribution in [0.2, 0.25) is 0 Å². The first-order valence-corrected chi connectivity index (χ1v) is 6.84. The summed E-state index contributed by atoms with van der Waals surface area (Å²) in [5.74, 6) is 0.434. The molecule has 0 amide bonds. The molecule has 2 atom stereocenters. The van der Waals surface area contributed by atoms with Crippen molar-refractivity contribution < 1.29 is 4.39 Å². The second-order valence-corrected chi connectivity index (χ2v) is 5.39. The first-order valence-electron chi connectivity index (χ1n) is 6.84. The summed E-state index contributed by atoms with van der Waals surface area (Å²) in [5.41, 5.74) is 4.83. The molecule has 1 aliphatic rings. The fraction of sp³-hybridized carbons (Fsp3) is 0.500. The average Bonchev–Trinajstić information content (AvgIpc) is 2.75. The van der Waals surface area contributed by atoms with Gasteiger partial charge in [-0.2, -0.15) is 0 Å². The lowest BCUT2D eigenvalue weighted by Gasteiger charge is -2.38. The SMILES string of the molecule is CC1CCCC(C)N1Nc1nc2ccc(F)cc2[nH]1. The molecule has 4 nitrogen and oxygen atoms in total. The Morgan fingerprint density at radius 1 is 1.32 bits per heavy atom. The van der Waals surface area contributed by atoms with Gasteiger partial charge in [0.05, 0.1) is 11.0 Å². The Kier molecular flexibility index (Phi) is 3.14. The second-order valence-electron chi connectivity index (χ2n) is 5.39. The Balaban J connectivity index is 1.84. The number of anilines is 1. The van der Waals surface area contributed by atoms with Crippen LogP contribution in [0.3, 0.4) is 0 Å². The quantitative estimate of drug-likeness (QED) is 0.872. The van der Waals surface area contributed by atoms with Crippen molar-refractivity contribution >= 4 is 17.0 Å². The molecule has 0 aliphatic carbocycles. The Morgan fingerprint density at radius 3 is 2.79 bits per heavy atom. The molecule has 2 heterocycles. The van der Waals surface area contributed by atoms with E-state index in [0.717, 1.165) is 11.0 Å². The topological polar surface area (TPSA) is 44.0 Å². The molecule has 19 heavy (non-hydrogen) atoms. The van der Waals surface area contributed by atoms with E-state index in [4.69, 9.17) is 0 Å². The van der Waals surface area contributed by atoms with Crippen molar-refractivity contribution in [1.29, 1.82) is 0 Å². The zero-order valence-corrected chi connectivity index (χ0v) is 11.3. The molecule has 3 rings (SSSR count). The minimum absolute atomic E-state index is 0.248. The number of rotatable bonds is 2. The van der Waals surface area contributed by atoms with Crippen LogP contribution in [-0.4, -0.2) is 27.1 Å². The van der Waals surface area contributed by atoms with Crippen molar-refractivity contribution in [2.24, 2.45) is 0 Å². The zero-order valence-electron chi connectivity index (χ0n) is 11.3. The molecule has 0 bridgehead atoms. The number of hydrogen-bond donors (Lipinski definition) is 2. The number of H-pyrrole nitrogens is 1. The van der Waals surface area contributed by atoms with Crippen molar-refractivity contribution in [3.05, 3.63) is 24.0 Å². The van der Waals surface area contributed by atoms with Gasteiger partial charge in [-0.1, -0.05) is 6.42 Å². The van der Waals surface area contributed by atoms with Crippen LogP contribution < -0.4 is 5.43 Å². The third-order valence-corrected chi connectivity index (χ3v) is 3.87. The van der Waals surface area contributed by atoms with E-state index in [9.17, 15) is 4.39 Å². The fourth-order valence-corrected chi connectivity index (χ4v) is 2.80. The maximum atomic E-state index is 13.1. The predicted molar refractivity (Wildman–Crippen MR) is 74.3 cm³/mol. The van der Waals surface area contributed by atoms with Crippen LogP contribution in [-0.2, 0) is 0 Å². The third kappa shape index (κ3) is 2.42. The Labute approximate surface area is 112 Å². The first kappa shape index (κ1) is 12.4. The summed E-state index contributed by atoms with van der Waals surface area (Å²) in [6, 6.07) is 5.55. The number of nitrogens with zero attached hydrogens (tertiary/aromatic N) is 2. The van der Waals surface area contributed by atoms with Crippen LogP contribution in [0.25, 0.3) is 11.0 Å². The monoisotopic (exact) mass is 262 g/mol. The molecule has 102 valence electrons. The highest BCUT2D eigenvalue weighted by Gasteiger charge is 2.25. The van der Waals surface area contributed by atoms with Gasteiger partial charge >= 0.3 is 0 Å². The summed E-state index contributed by atoms with van der Waals surface area (Å²) in [6.45, 7) is 4.43. The number of piperidine rings is 1. The Morgan fingerprint density at radius 2 is 2.05 bits per heavy atom. The summed E-state index contributed by atoms with van der Waals surface area (Å²) in [5, 5.41) is 2.23. The van der Waals surface area contributed by atoms with Crippen molar-refractivity contribution in [3.63, 3.8) is 0 Å². The molecule has 0 saturated carbocycles. The summed E-state index contributed by atoms with van der Waals surface area (Å²) in [4.78, 5) is 7.56. The molecule has 1 saturated heterocycles. The van der Waals surface area contributed by atoms with E-state index >= 15 is 0 Å². The van der Waals surface area contributed by atoms with Gasteiger partial charge < -0.3 is 4.98 Å². The van der Waals surface area contributed by atoms with E-state index in [0.29, 0.717) is 18.0 Å². The molecular weight excluding hydrogens is 243 g/mol. The number of aromatic nitrogens is 2. The van der Waals surface area contributed by atoms with Gasteiger partial charge in [0.15, 0.2) is 0 Å². The maximum Gasteiger partial charge on any atom is 0.216 e. The molecule has 1 aliphatic heterocycles. The molecule has 2 aromatic rings. The number of benzene rings is 1. The highest BCUT2D eigenvalue weighted by atomic mass is 19.1. The normalized spacial score (nSPS) is 24.8. The first-order chi connectivity index (χ1) is 9.13. The smallest absolute Gasteiger partial charge is 0.216 e. The number of nitrogens with one attached hydrogen (secondary N) is 2. The standard InChI is InChI=1S/C14H19FN4/c1-9-4-3-5-10(2)19(9)18-14-16-12-7-6-11(15)8-13(12)17-14/h6-10H,3-5H2,1-2H3,(H2,16,17,18). The summed E-state index contributed by atoms with van der Waals surface area (Å²) < 4.78 is 13.1. The van der Waals surface area contributed by atoms with Crippen LogP contribution in [0.15, 0.2) is 18.2 Å². The van der Waals surface area contributed by atoms with Crippen molar-refractivity contribution in [2.45, 2.75) is 45.2 Å². The van der Waals surface area contributed by atoms with Crippen LogP contribution >= 0.6 is 0 Å². The van der Waals surface area contributed by atoms with E-state index in [2.05, 4.69) is 34.3 Å². The number of imidazole rings is 1. The van der Waals surface area contributed by atoms with Gasteiger partial charge in [-0.3, -0.25) is 5.43 Å². The maximum absolute atomic E-state index is 13.1. The van der Waals surface area contributed by atoms with Gasteiger partial charge in [-0.15, -0.1) is 0 Å². The molecule has 0 radical (unpaired) electrons. The lowest BCUT2D eigenvalue weighted by molar-refractivity contribution is 0.134. The number of aromatic amines is 1. The summed E-state index contributed by atoms with van der Waals surface area (Å²) in [7, 11) is 0. The molecule has 2 unspecified atom stereocenters. The number of hydrogen-bond acceptors (Lipinski definition) is 3. The highest BCUT2D eigenvalue weighted by Crippen LogP contribution is 2.23. The van der Waals surface area contributed by atoms with Gasteiger partial charge in [0.2, 0.25) is 5.95 Å². The summed E-state index contributed by atoms with van der Waals surface area (Å²) in [6.07, 6.45) is 3.64. The van der Waals surface area contributed by atoms with E-state index in [1.54, 1.807) is 6.07 Å². The Hall–Kier alpha value is -1.62. The van der Waals surface area contributed by atoms with Gasteiger partial charge in [-0.25, -0.2) is 14.4 Å². The fourth-order valence-electron chi connectivity index (χ4n) is 2.80. The number of halogens is 1. The van der Waals surface area contributed by atoms with Crippen LogP contribution in [0.5, 0.6) is 0 Å². The van der Waals surface area contributed by atoms with E-state index in [-0.39, 0.29) is 5.82 Å². The van der Waals surface area contributed by atoms with Crippen molar-refractivity contribution in [3.8, 4) is 0 Å². The largest absolute Gasteiger partial charge is 0.323 e. The second kappa shape index (κ2) is 4.81. The third-order valence-electron chi connectivity index (χ3n) is 3.87. The zero-order chi connectivity index (χ0) is 13.4. The van der Waals surface area contributed by atoms with Gasteiger partial charge in [0.1, 0.15) is 5.82 Å². The molecule has 0 spiro atoms. The molecule has 1 aromatic heterocycles. The molecule has 2 N–H and O–H groups in total. The molecule has 5 heteroatoms. The van der Waals surface area contributed by atoms with Crippen LogP contribution in [0.4, 0.5) is 10.3 Å². The Bertz CT molecular complexity index is 570. The predicted octanol–water partition coefficient (Wildman–Crippen LogP) is 3.29. The minimum Gasteiger partial charge on any atom is -0.323 e. The van der Waals surface area contributed by atoms with Gasteiger partial charge in [0.25, 0.3) is 0 Å². The van der Waals surface area contributed by atoms with E-state index in [1.807, 2.05) is 0 Å². The van der Waals surface area contributed by atoms with Gasteiger partial charge in [-0.05, 0) is 44.9 Å². The van der Waals surface area contributed by atoms with E-state index < -0.39 is 0 Å². The number of hydrazine groups is 1.